The van der Waals surface area contributed by atoms with Gasteiger partial charge in [0.1, 0.15) is 0 Å². The maximum Gasteiger partial charge on any atom is 0.239 e. The second-order valence-electron chi connectivity index (χ2n) is 9.04. The van der Waals surface area contributed by atoms with E-state index in [1.54, 1.807) is 0 Å². The van der Waals surface area contributed by atoms with E-state index in [-0.39, 0.29) is 23.8 Å². The SMILES string of the molecule is O=C(CNC(=O)C12CC3CC(CC(C3)C1)C2)NCCCN1CCOCC1. The van der Waals surface area contributed by atoms with Crippen molar-refractivity contribution in [2.75, 3.05) is 45.9 Å². The molecule has 4 bridgehead atoms. The molecule has 2 N–H and O–H groups in total. The van der Waals surface area contributed by atoms with E-state index in [2.05, 4.69) is 15.5 Å². The van der Waals surface area contributed by atoms with Gasteiger partial charge in [-0.25, -0.2) is 0 Å². The first-order valence-electron chi connectivity index (χ1n) is 10.5. The van der Waals surface area contributed by atoms with Gasteiger partial charge in [0, 0.05) is 25.0 Å². The van der Waals surface area contributed by atoms with Crippen LogP contribution in [0.1, 0.15) is 44.9 Å². The Kier molecular flexibility index (Phi) is 5.50. The molecule has 1 saturated heterocycles. The van der Waals surface area contributed by atoms with Gasteiger partial charge in [0.05, 0.1) is 19.8 Å². The normalized spacial score (nSPS) is 36.1. The molecule has 0 atom stereocenters. The molecule has 0 aromatic heterocycles. The molecule has 4 saturated carbocycles. The van der Waals surface area contributed by atoms with Gasteiger partial charge in [0.25, 0.3) is 0 Å². The molecular weight excluding hydrogens is 330 g/mol. The van der Waals surface area contributed by atoms with Crippen molar-refractivity contribution >= 4 is 11.8 Å². The molecular formula is C20H33N3O3. The Morgan fingerprint density at radius 2 is 1.58 bits per heavy atom. The molecule has 0 aromatic carbocycles. The largest absolute Gasteiger partial charge is 0.379 e. The zero-order chi connectivity index (χ0) is 18.0. The lowest BCUT2D eigenvalue weighted by atomic mass is 9.49. The van der Waals surface area contributed by atoms with Crippen LogP contribution in [0.3, 0.4) is 0 Å². The molecule has 5 fully saturated rings. The molecule has 5 rings (SSSR count). The summed E-state index contributed by atoms with van der Waals surface area (Å²) in [6, 6.07) is 0. The van der Waals surface area contributed by atoms with Crippen LogP contribution in [0.5, 0.6) is 0 Å². The smallest absolute Gasteiger partial charge is 0.239 e. The zero-order valence-electron chi connectivity index (χ0n) is 15.8. The van der Waals surface area contributed by atoms with E-state index in [4.69, 9.17) is 4.74 Å². The molecule has 2 amide bonds. The van der Waals surface area contributed by atoms with Crippen LogP contribution < -0.4 is 10.6 Å². The topological polar surface area (TPSA) is 70.7 Å². The average Bonchev–Trinajstić information content (AvgIpc) is 2.63. The van der Waals surface area contributed by atoms with Crippen LogP contribution in [0.4, 0.5) is 0 Å². The van der Waals surface area contributed by atoms with Gasteiger partial charge in [-0.05, 0) is 69.2 Å². The fourth-order valence-electron chi connectivity index (χ4n) is 6.15. The van der Waals surface area contributed by atoms with E-state index in [0.29, 0.717) is 6.54 Å². The Labute approximate surface area is 156 Å². The summed E-state index contributed by atoms with van der Waals surface area (Å²) in [6.45, 7) is 5.36. The number of carbonyl (C=O) groups excluding carboxylic acids is 2. The molecule has 1 aliphatic heterocycles. The highest BCUT2D eigenvalue weighted by atomic mass is 16.5. The van der Waals surface area contributed by atoms with E-state index in [9.17, 15) is 9.59 Å². The molecule has 0 aromatic rings. The average molecular weight is 364 g/mol. The molecule has 26 heavy (non-hydrogen) atoms. The Morgan fingerprint density at radius 3 is 2.19 bits per heavy atom. The summed E-state index contributed by atoms with van der Waals surface area (Å²) in [4.78, 5) is 27.3. The molecule has 4 aliphatic carbocycles. The maximum absolute atomic E-state index is 12.8. The molecule has 0 spiro atoms. The van der Waals surface area contributed by atoms with Crippen LogP contribution in [0.2, 0.25) is 0 Å². The quantitative estimate of drug-likeness (QED) is 0.666. The van der Waals surface area contributed by atoms with Crippen molar-refractivity contribution in [3.8, 4) is 0 Å². The van der Waals surface area contributed by atoms with Crippen molar-refractivity contribution in [2.45, 2.75) is 44.9 Å². The predicted octanol–water partition coefficient (Wildman–Crippen LogP) is 1.16. The van der Waals surface area contributed by atoms with Crippen LogP contribution >= 0.6 is 0 Å². The standard InChI is InChI=1S/C20H33N3O3/c24-18(21-2-1-3-23-4-6-26-7-5-23)14-22-19(25)20-11-15-8-16(12-20)10-17(9-15)13-20/h15-17H,1-14H2,(H,21,24)(H,22,25). The Hall–Kier alpha value is -1.14. The first-order chi connectivity index (χ1) is 12.6. The van der Waals surface area contributed by atoms with Gasteiger partial charge in [-0.15, -0.1) is 0 Å². The molecule has 6 nitrogen and oxygen atoms in total. The third-order valence-electron chi connectivity index (χ3n) is 7.01. The van der Waals surface area contributed by atoms with E-state index in [1.807, 2.05) is 0 Å². The van der Waals surface area contributed by atoms with Crippen molar-refractivity contribution in [1.82, 2.24) is 15.5 Å². The highest BCUT2D eigenvalue weighted by Gasteiger charge is 2.54. The van der Waals surface area contributed by atoms with Gasteiger partial charge in [-0.3, -0.25) is 14.5 Å². The van der Waals surface area contributed by atoms with Gasteiger partial charge in [0.15, 0.2) is 0 Å². The number of carbonyl (C=O) groups is 2. The molecule has 0 unspecified atom stereocenters. The van der Waals surface area contributed by atoms with Crippen molar-refractivity contribution in [2.24, 2.45) is 23.2 Å². The number of amides is 2. The highest BCUT2D eigenvalue weighted by molar-refractivity contribution is 5.88. The number of rotatable bonds is 7. The van der Waals surface area contributed by atoms with Crippen molar-refractivity contribution in [1.29, 1.82) is 0 Å². The summed E-state index contributed by atoms with van der Waals surface area (Å²) >= 11 is 0. The Bertz CT molecular complexity index is 495. The van der Waals surface area contributed by atoms with Crippen LogP contribution in [-0.4, -0.2) is 62.7 Å². The van der Waals surface area contributed by atoms with Gasteiger partial charge >= 0.3 is 0 Å². The lowest BCUT2D eigenvalue weighted by Crippen LogP contribution is -2.54. The van der Waals surface area contributed by atoms with E-state index < -0.39 is 0 Å². The van der Waals surface area contributed by atoms with E-state index in [1.165, 1.54) is 19.3 Å². The van der Waals surface area contributed by atoms with E-state index in [0.717, 1.165) is 76.3 Å². The minimum atomic E-state index is -0.161. The summed E-state index contributed by atoms with van der Waals surface area (Å²) in [5.41, 5.74) is -0.161. The summed E-state index contributed by atoms with van der Waals surface area (Å²) in [7, 11) is 0. The van der Waals surface area contributed by atoms with Crippen LogP contribution in [0.15, 0.2) is 0 Å². The lowest BCUT2D eigenvalue weighted by Gasteiger charge is -2.55. The van der Waals surface area contributed by atoms with Crippen LogP contribution in [0, 0.1) is 23.2 Å². The van der Waals surface area contributed by atoms with Crippen LogP contribution in [-0.2, 0) is 14.3 Å². The van der Waals surface area contributed by atoms with Gasteiger partial charge in [0.2, 0.25) is 11.8 Å². The second kappa shape index (κ2) is 7.85. The molecule has 146 valence electrons. The number of nitrogens with one attached hydrogen (secondary N) is 2. The third kappa shape index (κ3) is 4.06. The molecule has 0 radical (unpaired) electrons. The zero-order valence-corrected chi connectivity index (χ0v) is 15.8. The highest BCUT2D eigenvalue weighted by Crippen LogP contribution is 2.60. The maximum atomic E-state index is 12.8. The second-order valence-corrected chi connectivity index (χ2v) is 9.04. The summed E-state index contributed by atoms with van der Waals surface area (Å²) in [5.74, 6) is 2.33. The van der Waals surface area contributed by atoms with Crippen molar-refractivity contribution < 1.29 is 14.3 Å². The Morgan fingerprint density at radius 1 is 0.962 bits per heavy atom. The molecule has 6 heteroatoms. The van der Waals surface area contributed by atoms with Crippen molar-refractivity contribution in [3.63, 3.8) is 0 Å². The number of hydrogen-bond donors (Lipinski definition) is 2. The van der Waals surface area contributed by atoms with Crippen LogP contribution in [0.25, 0.3) is 0 Å². The number of ether oxygens (including phenoxy) is 1. The van der Waals surface area contributed by atoms with Gasteiger partial charge < -0.3 is 15.4 Å². The first kappa shape index (κ1) is 18.2. The summed E-state index contributed by atoms with van der Waals surface area (Å²) in [6.07, 6.45) is 8.07. The number of nitrogens with zero attached hydrogens (tertiary/aromatic N) is 1. The lowest BCUT2D eigenvalue weighted by molar-refractivity contribution is -0.147. The number of morpholine rings is 1. The minimum absolute atomic E-state index is 0.0648. The van der Waals surface area contributed by atoms with E-state index >= 15 is 0 Å². The van der Waals surface area contributed by atoms with Gasteiger partial charge in [-0.1, -0.05) is 0 Å². The fourth-order valence-corrected chi connectivity index (χ4v) is 6.15. The Balaban J connectivity index is 1.15. The molecule has 5 aliphatic rings. The van der Waals surface area contributed by atoms with Crippen molar-refractivity contribution in [3.05, 3.63) is 0 Å². The molecule has 1 heterocycles. The fraction of sp³-hybridized carbons (Fsp3) is 0.900. The summed E-state index contributed by atoms with van der Waals surface area (Å²) < 4.78 is 5.33. The minimum Gasteiger partial charge on any atom is -0.379 e. The summed E-state index contributed by atoms with van der Waals surface area (Å²) in [5, 5.41) is 5.89. The monoisotopic (exact) mass is 363 g/mol. The van der Waals surface area contributed by atoms with Gasteiger partial charge in [-0.2, -0.15) is 0 Å². The predicted molar refractivity (Wildman–Crippen MR) is 98.5 cm³/mol. The first-order valence-corrected chi connectivity index (χ1v) is 10.5. The third-order valence-corrected chi connectivity index (χ3v) is 7.01. The number of hydrogen-bond acceptors (Lipinski definition) is 4.